The van der Waals surface area contributed by atoms with Crippen LogP contribution in [0.3, 0.4) is 0 Å². The van der Waals surface area contributed by atoms with Crippen molar-refractivity contribution in [2.75, 3.05) is 21.3 Å². The number of rotatable bonds is 13. The number of ketones is 2. The number of carbonyl (C=O) groups excluding carboxylic acids is 3. The van der Waals surface area contributed by atoms with Gasteiger partial charge in [0.2, 0.25) is 23.1 Å². The molecule has 0 aromatic heterocycles. The first kappa shape index (κ1) is 23.6. The van der Waals surface area contributed by atoms with Gasteiger partial charge < -0.3 is 9.47 Å². The molecule has 28 heavy (non-hydrogen) atoms. The molecule has 7 heteroatoms. The molecule has 1 aliphatic carbocycles. The van der Waals surface area contributed by atoms with Crippen molar-refractivity contribution in [2.45, 2.75) is 58.3 Å². The second kappa shape index (κ2) is 12.9. The zero-order valence-corrected chi connectivity index (χ0v) is 17.3. The highest BCUT2D eigenvalue weighted by Gasteiger charge is 2.30. The molecule has 0 radical (unpaired) electrons. The molecule has 1 N–H and O–H groups in total. The molecule has 0 fully saturated rings. The van der Waals surface area contributed by atoms with Crippen molar-refractivity contribution in [1.29, 1.82) is 0 Å². The third-order valence-corrected chi connectivity index (χ3v) is 4.46. The molecule has 0 heterocycles. The van der Waals surface area contributed by atoms with E-state index in [1.54, 1.807) is 0 Å². The van der Waals surface area contributed by atoms with Gasteiger partial charge in [0.15, 0.2) is 0 Å². The van der Waals surface area contributed by atoms with Gasteiger partial charge in [-0.15, -0.1) is 0 Å². The summed E-state index contributed by atoms with van der Waals surface area (Å²) in [5, 5.41) is 0. The average molecular weight is 393 g/mol. The summed E-state index contributed by atoms with van der Waals surface area (Å²) in [4.78, 5) is 41.7. The first-order valence-electron chi connectivity index (χ1n) is 9.66. The fourth-order valence-electron chi connectivity index (χ4n) is 2.97. The zero-order valence-electron chi connectivity index (χ0n) is 17.3. The molecule has 156 valence electrons. The largest absolute Gasteiger partial charge is 0.490 e. The molecule has 1 amide bonds. The lowest BCUT2D eigenvalue weighted by atomic mass is 9.96. The highest BCUT2D eigenvalue weighted by Crippen LogP contribution is 2.23. The molecule has 0 atom stereocenters. The lowest BCUT2D eigenvalue weighted by molar-refractivity contribution is -0.127. The molecule has 0 bridgehead atoms. The van der Waals surface area contributed by atoms with Gasteiger partial charge in [0.05, 0.1) is 21.3 Å². The Bertz CT molecular complexity index is 660. The summed E-state index contributed by atoms with van der Waals surface area (Å²) in [6.45, 7) is 2.18. The van der Waals surface area contributed by atoms with E-state index in [1.807, 2.05) is 0 Å². The molecule has 1 rings (SSSR count). The predicted octanol–water partition coefficient (Wildman–Crippen LogP) is 3.31. The summed E-state index contributed by atoms with van der Waals surface area (Å²) in [5.74, 6) is -1.72. The molecular formula is C21H31NO6. The Balaban J connectivity index is 2.87. The number of hydroxylamine groups is 1. The molecule has 1 aliphatic rings. The van der Waals surface area contributed by atoms with E-state index < -0.39 is 17.5 Å². The second-order valence-corrected chi connectivity index (χ2v) is 6.54. The van der Waals surface area contributed by atoms with Gasteiger partial charge in [0, 0.05) is 17.2 Å². The number of Topliss-reactive ketones (excluding diaryl/α,β-unsaturated/α-hetero) is 1. The Hall–Kier alpha value is -2.41. The molecule has 0 aromatic rings. The molecule has 7 nitrogen and oxygen atoms in total. The van der Waals surface area contributed by atoms with Gasteiger partial charge in [-0.3, -0.25) is 19.2 Å². The average Bonchev–Trinajstić information content (AvgIpc) is 2.68. The molecule has 0 unspecified atom stereocenters. The van der Waals surface area contributed by atoms with Crippen LogP contribution in [0.4, 0.5) is 0 Å². The summed E-state index contributed by atoms with van der Waals surface area (Å²) in [6.07, 6.45) is 10.8. The summed E-state index contributed by atoms with van der Waals surface area (Å²) in [7, 11) is 3.93. The number of hydrogen-bond acceptors (Lipinski definition) is 6. The number of methoxy groups -OCH3 is 2. The number of amides is 1. The van der Waals surface area contributed by atoms with Crippen LogP contribution in [0.15, 0.2) is 34.8 Å². The number of nitrogens with one attached hydrogen (secondary N) is 1. The first-order chi connectivity index (χ1) is 13.5. The number of allylic oxidation sites excluding steroid dienone is 3. The zero-order chi connectivity index (χ0) is 20.9. The second-order valence-electron chi connectivity index (χ2n) is 6.54. The van der Waals surface area contributed by atoms with Crippen molar-refractivity contribution >= 4 is 17.5 Å². The van der Waals surface area contributed by atoms with Crippen LogP contribution in [0.1, 0.15) is 58.3 Å². The maximum absolute atomic E-state index is 12.6. The van der Waals surface area contributed by atoms with E-state index in [-0.39, 0.29) is 17.1 Å². The first-order valence-corrected chi connectivity index (χ1v) is 9.66. The summed E-state index contributed by atoms with van der Waals surface area (Å²) < 4.78 is 9.99. The number of ether oxygens (including phenoxy) is 2. The van der Waals surface area contributed by atoms with E-state index in [9.17, 15) is 14.4 Å². The minimum atomic E-state index is -0.499. The van der Waals surface area contributed by atoms with Crippen LogP contribution in [0.5, 0.6) is 0 Å². The summed E-state index contributed by atoms with van der Waals surface area (Å²) >= 11 is 0. The van der Waals surface area contributed by atoms with E-state index in [4.69, 9.17) is 14.3 Å². The van der Waals surface area contributed by atoms with Gasteiger partial charge in [0.25, 0.3) is 5.91 Å². The normalized spacial score (nSPS) is 14.9. The van der Waals surface area contributed by atoms with Crippen LogP contribution < -0.4 is 5.48 Å². The fourth-order valence-corrected chi connectivity index (χ4v) is 2.97. The third-order valence-electron chi connectivity index (χ3n) is 4.46. The highest BCUT2D eigenvalue weighted by molar-refractivity contribution is 6.22. The van der Waals surface area contributed by atoms with Crippen molar-refractivity contribution in [3.8, 4) is 0 Å². The lowest BCUT2D eigenvalue weighted by Crippen LogP contribution is -2.25. The van der Waals surface area contributed by atoms with Crippen molar-refractivity contribution in [1.82, 2.24) is 5.48 Å². The summed E-state index contributed by atoms with van der Waals surface area (Å²) in [6, 6.07) is 0. The van der Waals surface area contributed by atoms with Crippen molar-refractivity contribution < 1.29 is 28.7 Å². The number of carbonyl (C=O) groups is 3. The van der Waals surface area contributed by atoms with Crippen LogP contribution >= 0.6 is 0 Å². The van der Waals surface area contributed by atoms with Crippen LogP contribution in [0.2, 0.25) is 0 Å². The van der Waals surface area contributed by atoms with Crippen LogP contribution in [0.25, 0.3) is 0 Å². The van der Waals surface area contributed by atoms with E-state index in [0.29, 0.717) is 12.0 Å². The van der Waals surface area contributed by atoms with Crippen LogP contribution in [-0.2, 0) is 28.7 Å². The molecule has 0 spiro atoms. The Morgan fingerprint density at radius 3 is 2.14 bits per heavy atom. The van der Waals surface area contributed by atoms with E-state index in [0.717, 1.165) is 25.3 Å². The van der Waals surface area contributed by atoms with Crippen molar-refractivity contribution in [3.05, 3.63) is 34.8 Å². The maximum atomic E-state index is 12.6. The minimum Gasteiger partial charge on any atom is -0.490 e. The fraction of sp³-hybridized carbons (Fsp3) is 0.571. The SMILES string of the molecule is CCCCCCCCC/C(=C\C1=CC(=O)C(OC)=C(OC)C1=O)C(=O)NOC. The molecule has 0 aliphatic heterocycles. The Kier molecular flexibility index (Phi) is 10.9. The predicted molar refractivity (Wildman–Crippen MR) is 105 cm³/mol. The van der Waals surface area contributed by atoms with Gasteiger partial charge in [0.1, 0.15) is 0 Å². The maximum Gasteiger partial charge on any atom is 0.270 e. The van der Waals surface area contributed by atoms with Crippen LogP contribution in [0, 0.1) is 0 Å². The van der Waals surface area contributed by atoms with Gasteiger partial charge in [-0.1, -0.05) is 45.4 Å². The van der Waals surface area contributed by atoms with Gasteiger partial charge >= 0.3 is 0 Å². The minimum absolute atomic E-state index is 0.0897. The summed E-state index contributed by atoms with van der Waals surface area (Å²) in [5.41, 5.74) is 2.74. The Morgan fingerprint density at radius 2 is 1.57 bits per heavy atom. The number of hydrogen-bond donors (Lipinski definition) is 1. The Morgan fingerprint density at radius 1 is 0.964 bits per heavy atom. The topological polar surface area (TPSA) is 90.9 Å². The highest BCUT2D eigenvalue weighted by atomic mass is 16.6. The lowest BCUT2D eigenvalue weighted by Gasteiger charge is -2.16. The smallest absolute Gasteiger partial charge is 0.270 e. The molecule has 0 aromatic carbocycles. The standard InChI is InChI=1S/C21H31NO6/c1-5-6-7-8-9-10-11-12-15(21(25)22-28-4)13-16-14-17(23)19(26-2)20(27-3)18(16)24/h13-14H,5-12H2,1-4H3,(H,22,25)/b15-13+. The Labute approximate surface area is 166 Å². The molecule has 0 saturated carbocycles. The van der Waals surface area contributed by atoms with Crippen molar-refractivity contribution in [3.63, 3.8) is 0 Å². The van der Waals surface area contributed by atoms with E-state index >= 15 is 0 Å². The van der Waals surface area contributed by atoms with E-state index in [1.165, 1.54) is 53.1 Å². The molecular weight excluding hydrogens is 362 g/mol. The molecule has 0 saturated heterocycles. The quantitative estimate of drug-likeness (QED) is 0.223. The monoisotopic (exact) mass is 393 g/mol. The van der Waals surface area contributed by atoms with Crippen LogP contribution in [-0.4, -0.2) is 38.8 Å². The van der Waals surface area contributed by atoms with Gasteiger partial charge in [-0.2, -0.15) is 0 Å². The van der Waals surface area contributed by atoms with Gasteiger partial charge in [-0.05, 0) is 18.9 Å². The van der Waals surface area contributed by atoms with E-state index in [2.05, 4.69) is 12.4 Å². The third kappa shape index (κ3) is 6.96. The van der Waals surface area contributed by atoms with Gasteiger partial charge in [-0.25, -0.2) is 5.48 Å². The van der Waals surface area contributed by atoms with Crippen molar-refractivity contribution in [2.24, 2.45) is 0 Å². The number of unbranched alkanes of at least 4 members (excludes halogenated alkanes) is 6.